The van der Waals surface area contributed by atoms with Crippen LogP contribution in [-0.2, 0) is 6.42 Å². The smallest absolute Gasteiger partial charge is 0.141 e. The molecule has 1 aliphatic heterocycles. The molecule has 0 amide bonds. The molecule has 1 atom stereocenters. The second-order valence-corrected chi connectivity index (χ2v) is 4.41. The Morgan fingerprint density at radius 1 is 1.47 bits per heavy atom. The number of hydrogen-bond donors (Lipinski definition) is 1. The highest BCUT2D eigenvalue weighted by molar-refractivity contribution is 6.30. The molecule has 82 valence electrons. The van der Waals surface area contributed by atoms with E-state index in [9.17, 15) is 8.78 Å². The number of alkyl halides is 1. The molecular formula is C11H12ClF2N. The lowest BCUT2D eigenvalue weighted by Crippen LogP contribution is -2.28. The maximum Gasteiger partial charge on any atom is 0.141 e. The third-order valence-electron chi connectivity index (χ3n) is 2.70. The molecule has 1 aromatic carbocycles. The molecular weight excluding hydrogens is 220 g/mol. The summed E-state index contributed by atoms with van der Waals surface area (Å²) >= 11 is 5.63. The molecule has 4 heteroatoms. The highest BCUT2D eigenvalue weighted by atomic mass is 35.5. The first-order valence-corrected chi connectivity index (χ1v) is 5.30. The average Bonchev–Trinajstić information content (AvgIpc) is 2.59. The van der Waals surface area contributed by atoms with Gasteiger partial charge in [-0.25, -0.2) is 8.78 Å². The Morgan fingerprint density at radius 2 is 2.27 bits per heavy atom. The van der Waals surface area contributed by atoms with Crippen LogP contribution >= 0.6 is 11.6 Å². The van der Waals surface area contributed by atoms with Crippen molar-refractivity contribution >= 4 is 11.6 Å². The molecule has 1 unspecified atom stereocenters. The number of benzene rings is 1. The molecule has 15 heavy (non-hydrogen) atoms. The van der Waals surface area contributed by atoms with Crippen molar-refractivity contribution in [2.45, 2.75) is 18.5 Å². The van der Waals surface area contributed by atoms with Crippen LogP contribution in [0.5, 0.6) is 0 Å². The summed E-state index contributed by atoms with van der Waals surface area (Å²) in [6.07, 6.45) is 0.794. The zero-order valence-corrected chi connectivity index (χ0v) is 8.95. The molecule has 0 radical (unpaired) electrons. The predicted octanol–water partition coefficient (Wildman–Crippen LogP) is 2.72. The van der Waals surface area contributed by atoms with E-state index in [1.807, 2.05) is 0 Å². The molecule has 1 aromatic rings. The summed E-state index contributed by atoms with van der Waals surface area (Å²) in [5, 5.41) is 3.03. The Balaban J connectivity index is 2.13. The monoisotopic (exact) mass is 231 g/mol. The largest absolute Gasteiger partial charge is 0.313 e. The minimum atomic E-state index is -1.21. The molecule has 0 aromatic heterocycles. The van der Waals surface area contributed by atoms with E-state index >= 15 is 0 Å². The van der Waals surface area contributed by atoms with Crippen LogP contribution in [0.1, 0.15) is 12.0 Å². The molecule has 1 N–H and O–H groups in total. The van der Waals surface area contributed by atoms with Crippen molar-refractivity contribution in [3.05, 3.63) is 34.6 Å². The summed E-state index contributed by atoms with van der Waals surface area (Å²) in [5.41, 5.74) is -0.464. The van der Waals surface area contributed by atoms with Gasteiger partial charge in [0, 0.05) is 13.0 Å². The minimum Gasteiger partial charge on any atom is -0.313 e. The number of halogens is 3. The van der Waals surface area contributed by atoms with Gasteiger partial charge < -0.3 is 5.32 Å². The number of rotatable bonds is 2. The Bertz CT molecular complexity index is 362. The summed E-state index contributed by atoms with van der Waals surface area (Å²) in [4.78, 5) is 0. The van der Waals surface area contributed by atoms with Gasteiger partial charge in [0.1, 0.15) is 11.5 Å². The van der Waals surface area contributed by atoms with Crippen LogP contribution in [0.3, 0.4) is 0 Å². The summed E-state index contributed by atoms with van der Waals surface area (Å²) in [5.74, 6) is -0.460. The first-order chi connectivity index (χ1) is 7.09. The molecule has 0 spiro atoms. The molecule has 1 aliphatic rings. The van der Waals surface area contributed by atoms with Gasteiger partial charge in [0.2, 0.25) is 0 Å². The Labute approximate surface area is 92.4 Å². The maximum absolute atomic E-state index is 14.0. The molecule has 1 nitrogen and oxygen atoms in total. The van der Waals surface area contributed by atoms with Crippen LogP contribution in [0, 0.1) is 5.82 Å². The number of hydrogen-bond acceptors (Lipinski definition) is 1. The van der Waals surface area contributed by atoms with Gasteiger partial charge >= 0.3 is 0 Å². The van der Waals surface area contributed by atoms with Crippen molar-refractivity contribution in [3.63, 3.8) is 0 Å². The average molecular weight is 232 g/mol. The summed E-state index contributed by atoms with van der Waals surface area (Å²) in [6.45, 7) is 1.06. The summed E-state index contributed by atoms with van der Waals surface area (Å²) < 4.78 is 26.9. The van der Waals surface area contributed by atoms with Gasteiger partial charge in [0.05, 0.1) is 5.02 Å². The van der Waals surface area contributed by atoms with Gasteiger partial charge in [-0.2, -0.15) is 0 Å². The molecule has 0 bridgehead atoms. The highest BCUT2D eigenvalue weighted by Gasteiger charge is 2.33. The van der Waals surface area contributed by atoms with Crippen molar-refractivity contribution in [2.75, 3.05) is 13.1 Å². The zero-order chi connectivity index (χ0) is 10.9. The van der Waals surface area contributed by atoms with Crippen LogP contribution in [-0.4, -0.2) is 18.8 Å². The van der Waals surface area contributed by atoms with E-state index in [0.717, 1.165) is 5.56 Å². The van der Waals surface area contributed by atoms with Gasteiger partial charge in [-0.15, -0.1) is 0 Å². The van der Waals surface area contributed by atoms with E-state index in [2.05, 4.69) is 5.32 Å². The SMILES string of the molecule is Fc1ccc(CC2(F)CCNC2)cc1Cl. The Morgan fingerprint density at radius 3 is 2.87 bits per heavy atom. The van der Waals surface area contributed by atoms with Gasteiger partial charge in [-0.3, -0.25) is 0 Å². The van der Waals surface area contributed by atoms with E-state index in [0.29, 0.717) is 25.9 Å². The molecule has 0 saturated carbocycles. The third-order valence-corrected chi connectivity index (χ3v) is 2.99. The summed E-state index contributed by atoms with van der Waals surface area (Å²) in [6, 6.07) is 4.36. The van der Waals surface area contributed by atoms with Crippen LogP contribution in [0.2, 0.25) is 5.02 Å². The lowest BCUT2D eigenvalue weighted by atomic mass is 9.95. The fraction of sp³-hybridized carbons (Fsp3) is 0.455. The van der Waals surface area contributed by atoms with Gasteiger partial charge in [0.25, 0.3) is 0 Å². The van der Waals surface area contributed by atoms with Crippen molar-refractivity contribution in [3.8, 4) is 0 Å². The normalized spacial score (nSPS) is 25.8. The van der Waals surface area contributed by atoms with Crippen LogP contribution in [0.4, 0.5) is 8.78 Å². The second kappa shape index (κ2) is 4.06. The second-order valence-electron chi connectivity index (χ2n) is 4.00. The van der Waals surface area contributed by atoms with E-state index in [-0.39, 0.29) is 5.02 Å². The number of nitrogens with one attached hydrogen (secondary N) is 1. The van der Waals surface area contributed by atoms with Gasteiger partial charge in [-0.1, -0.05) is 17.7 Å². The first-order valence-electron chi connectivity index (χ1n) is 4.93. The van der Waals surface area contributed by atoms with Gasteiger partial charge in [0.15, 0.2) is 0 Å². The fourth-order valence-corrected chi connectivity index (χ4v) is 2.08. The lowest BCUT2D eigenvalue weighted by molar-refractivity contribution is 0.190. The molecule has 0 aliphatic carbocycles. The van der Waals surface area contributed by atoms with Crippen molar-refractivity contribution in [2.24, 2.45) is 0 Å². The third kappa shape index (κ3) is 2.47. The molecule has 1 saturated heterocycles. The van der Waals surface area contributed by atoms with E-state index in [4.69, 9.17) is 11.6 Å². The molecule has 2 rings (SSSR count). The fourth-order valence-electron chi connectivity index (χ4n) is 1.88. The van der Waals surface area contributed by atoms with Crippen molar-refractivity contribution in [1.82, 2.24) is 5.32 Å². The Kier molecular flexibility index (Phi) is 2.94. The van der Waals surface area contributed by atoms with E-state index in [1.165, 1.54) is 12.1 Å². The van der Waals surface area contributed by atoms with Crippen molar-refractivity contribution < 1.29 is 8.78 Å². The van der Waals surface area contributed by atoms with E-state index in [1.54, 1.807) is 6.07 Å². The quantitative estimate of drug-likeness (QED) is 0.825. The first kappa shape index (κ1) is 10.8. The van der Waals surface area contributed by atoms with Crippen LogP contribution < -0.4 is 5.32 Å². The van der Waals surface area contributed by atoms with Crippen LogP contribution in [0.25, 0.3) is 0 Å². The predicted molar refractivity (Wildman–Crippen MR) is 56.4 cm³/mol. The Hall–Kier alpha value is -0.670. The molecule has 1 heterocycles. The topological polar surface area (TPSA) is 12.0 Å². The molecule has 1 fully saturated rings. The van der Waals surface area contributed by atoms with Crippen LogP contribution in [0.15, 0.2) is 18.2 Å². The van der Waals surface area contributed by atoms with E-state index < -0.39 is 11.5 Å². The standard InChI is InChI=1S/C11H12ClF2N/c12-9-5-8(1-2-10(9)13)6-11(14)3-4-15-7-11/h1-2,5,15H,3-4,6-7H2. The lowest BCUT2D eigenvalue weighted by Gasteiger charge is -2.18. The zero-order valence-electron chi connectivity index (χ0n) is 8.19. The highest BCUT2D eigenvalue weighted by Crippen LogP contribution is 2.26. The maximum atomic E-state index is 14.0. The van der Waals surface area contributed by atoms with Gasteiger partial charge in [-0.05, 0) is 30.7 Å². The summed E-state index contributed by atoms with van der Waals surface area (Å²) in [7, 11) is 0. The minimum absolute atomic E-state index is 0.0575. The van der Waals surface area contributed by atoms with Crippen molar-refractivity contribution in [1.29, 1.82) is 0 Å².